The molecule has 19 heavy (non-hydrogen) atoms. The Labute approximate surface area is 125 Å². The fraction of sp³-hybridized carbons (Fsp3) is 0.143. The first-order valence-corrected chi connectivity index (χ1v) is 7.15. The van der Waals surface area contributed by atoms with Crippen molar-refractivity contribution in [1.82, 2.24) is 0 Å². The predicted octanol–water partition coefficient (Wildman–Crippen LogP) is 5.34. The standard InChI is InChI=1S/C14H11Cl2FOS/c1-8(18)14-11(17)3-2-4-12(14)19-13-7-9(15)5-6-10(13)16/h2-8,18H,1H3/t8-/m0/s1. The SMILES string of the molecule is C[C@H](O)c1c(F)cccc1Sc1cc(Cl)ccc1Cl. The van der Waals surface area contributed by atoms with Gasteiger partial charge in [-0.25, -0.2) is 4.39 Å². The van der Waals surface area contributed by atoms with Gasteiger partial charge in [-0.3, -0.25) is 0 Å². The highest BCUT2D eigenvalue weighted by Crippen LogP contribution is 2.39. The van der Waals surface area contributed by atoms with Crippen LogP contribution in [0.25, 0.3) is 0 Å². The molecule has 0 bridgehead atoms. The Bertz CT molecular complexity index is 602. The molecule has 0 spiro atoms. The summed E-state index contributed by atoms with van der Waals surface area (Å²) in [5.41, 5.74) is 0.267. The Kier molecular flexibility index (Phi) is 4.74. The lowest BCUT2D eigenvalue weighted by atomic mass is 10.1. The first-order chi connectivity index (χ1) is 8.99. The topological polar surface area (TPSA) is 20.2 Å². The zero-order valence-corrected chi connectivity index (χ0v) is 12.4. The van der Waals surface area contributed by atoms with Gasteiger partial charge in [0.15, 0.2) is 0 Å². The van der Waals surface area contributed by atoms with Gasteiger partial charge in [-0.2, -0.15) is 0 Å². The van der Waals surface area contributed by atoms with Gasteiger partial charge in [0.25, 0.3) is 0 Å². The van der Waals surface area contributed by atoms with Crippen LogP contribution >= 0.6 is 35.0 Å². The van der Waals surface area contributed by atoms with Crippen LogP contribution < -0.4 is 0 Å². The molecule has 0 aliphatic heterocycles. The number of hydrogen-bond donors (Lipinski definition) is 1. The van der Waals surface area contributed by atoms with Crippen molar-refractivity contribution in [3.8, 4) is 0 Å². The van der Waals surface area contributed by atoms with Crippen LogP contribution in [0.4, 0.5) is 4.39 Å². The van der Waals surface area contributed by atoms with E-state index in [-0.39, 0.29) is 5.56 Å². The molecule has 0 saturated heterocycles. The molecular formula is C14H11Cl2FOS. The molecule has 5 heteroatoms. The summed E-state index contributed by atoms with van der Waals surface area (Å²) in [5.74, 6) is -0.432. The quantitative estimate of drug-likeness (QED) is 0.825. The highest BCUT2D eigenvalue weighted by Gasteiger charge is 2.15. The van der Waals surface area contributed by atoms with Gasteiger partial charge in [-0.05, 0) is 37.3 Å². The van der Waals surface area contributed by atoms with E-state index in [9.17, 15) is 9.50 Å². The minimum Gasteiger partial charge on any atom is -0.389 e. The molecule has 1 atom stereocenters. The van der Waals surface area contributed by atoms with Gasteiger partial charge in [0.1, 0.15) is 5.82 Å². The Balaban J connectivity index is 2.44. The second-order valence-electron chi connectivity index (χ2n) is 4.00. The summed E-state index contributed by atoms with van der Waals surface area (Å²) in [6, 6.07) is 9.76. The third kappa shape index (κ3) is 3.42. The molecular weight excluding hydrogens is 306 g/mol. The maximum absolute atomic E-state index is 13.8. The molecule has 2 aromatic carbocycles. The van der Waals surface area contributed by atoms with Crippen molar-refractivity contribution in [2.75, 3.05) is 0 Å². The highest BCUT2D eigenvalue weighted by atomic mass is 35.5. The van der Waals surface area contributed by atoms with Crippen LogP contribution in [0, 0.1) is 5.82 Å². The van der Waals surface area contributed by atoms with Crippen molar-refractivity contribution in [2.24, 2.45) is 0 Å². The summed E-state index contributed by atoms with van der Waals surface area (Å²) >= 11 is 13.3. The van der Waals surface area contributed by atoms with Gasteiger partial charge in [0, 0.05) is 20.4 Å². The van der Waals surface area contributed by atoms with Crippen molar-refractivity contribution < 1.29 is 9.50 Å². The van der Waals surface area contributed by atoms with E-state index in [4.69, 9.17) is 23.2 Å². The lowest BCUT2D eigenvalue weighted by Gasteiger charge is -2.13. The third-order valence-corrected chi connectivity index (χ3v) is 4.35. The number of halogens is 3. The monoisotopic (exact) mass is 316 g/mol. The molecule has 0 heterocycles. The third-order valence-electron chi connectivity index (χ3n) is 2.54. The Morgan fingerprint density at radius 2 is 1.89 bits per heavy atom. The lowest BCUT2D eigenvalue weighted by molar-refractivity contribution is 0.191. The summed E-state index contributed by atoms with van der Waals surface area (Å²) in [6.45, 7) is 1.53. The Morgan fingerprint density at radius 3 is 2.58 bits per heavy atom. The van der Waals surface area contributed by atoms with Crippen molar-refractivity contribution in [3.05, 3.63) is 57.8 Å². The van der Waals surface area contributed by atoms with Crippen molar-refractivity contribution in [2.45, 2.75) is 22.8 Å². The minimum absolute atomic E-state index is 0.267. The Morgan fingerprint density at radius 1 is 1.16 bits per heavy atom. The van der Waals surface area contributed by atoms with Crippen LogP contribution in [0.3, 0.4) is 0 Å². The van der Waals surface area contributed by atoms with E-state index < -0.39 is 11.9 Å². The molecule has 2 aromatic rings. The van der Waals surface area contributed by atoms with Gasteiger partial charge < -0.3 is 5.11 Å². The van der Waals surface area contributed by atoms with Gasteiger partial charge in [-0.15, -0.1) is 0 Å². The molecule has 100 valence electrons. The van der Waals surface area contributed by atoms with Gasteiger partial charge in [0.05, 0.1) is 11.1 Å². The molecule has 0 aromatic heterocycles. The zero-order valence-electron chi connectivity index (χ0n) is 10.0. The maximum Gasteiger partial charge on any atom is 0.130 e. The molecule has 0 amide bonds. The number of hydrogen-bond acceptors (Lipinski definition) is 2. The van der Waals surface area contributed by atoms with E-state index in [1.54, 1.807) is 30.3 Å². The van der Waals surface area contributed by atoms with E-state index in [0.29, 0.717) is 14.9 Å². The largest absolute Gasteiger partial charge is 0.389 e. The number of benzene rings is 2. The number of aliphatic hydroxyl groups excluding tert-OH is 1. The van der Waals surface area contributed by atoms with E-state index in [1.807, 2.05) is 0 Å². The number of rotatable bonds is 3. The molecule has 0 saturated carbocycles. The Hall–Kier alpha value is -0.740. The van der Waals surface area contributed by atoms with Crippen LogP contribution in [0.2, 0.25) is 10.0 Å². The summed E-state index contributed by atoms with van der Waals surface area (Å²) < 4.78 is 13.8. The van der Waals surface area contributed by atoms with Gasteiger partial charge in [0.2, 0.25) is 0 Å². The van der Waals surface area contributed by atoms with E-state index in [1.165, 1.54) is 24.8 Å². The minimum atomic E-state index is -0.887. The average Bonchev–Trinajstić information content (AvgIpc) is 2.33. The summed E-state index contributed by atoms with van der Waals surface area (Å²) in [5, 5.41) is 10.8. The molecule has 0 aliphatic rings. The van der Waals surface area contributed by atoms with Crippen molar-refractivity contribution in [3.63, 3.8) is 0 Å². The zero-order chi connectivity index (χ0) is 14.0. The summed E-state index contributed by atoms with van der Waals surface area (Å²) in [6.07, 6.45) is -0.887. The number of aliphatic hydroxyl groups is 1. The van der Waals surface area contributed by atoms with Crippen LogP contribution in [-0.2, 0) is 0 Å². The summed E-state index contributed by atoms with van der Waals surface area (Å²) in [4.78, 5) is 1.35. The maximum atomic E-state index is 13.8. The van der Waals surface area contributed by atoms with Crippen LogP contribution in [0.15, 0.2) is 46.2 Å². The first kappa shape index (κ1) is 14.7. The van der Waals surface area contributed by atoms with Gasteiger partial charge >= 0.3 is 0 Å². The first-order valence-electron chi connectivity index (χ1n) is 5.58. The van der Waals surface area contributed by atoms with Gasteiger partial charge in [-0.1, -0.05) is 41.0 Å². The van der Waals surface area contributed by atoms with Crippen molar-refractivity contribution in [1.29, 1.82) is 0 Å². The summed E-state index contributed by atoms with van der Waals surface area (Å²) in [7, 11) is 0. The van der Waals surface area contributed by atoms with Crippen LogP contribution in [-0.4, -0.2) is 5.11 Å². The predicted molar refractivity (Wildman–Crippen MR) is 77.6 cm³/mol. The lowest BCUT2D eigenvalue weighted by Crippen LogP contribution is -1.98. The molecule has 0 radical (unpaired) electrons. The molecule has 1 nitrogen and oxygen atoms in total. The second kappa shape index (κ2) is 6.14. The normalized spacial score (nSPS) is 12.5. The molecule has 0 aliphatic carbocycles. The average molecular weight is 317 g/mol. The van der Waals surface area contributed by atoms with E-state index in [0.717, 1.165) is 4.90 Å². The molecule has 2 rings (SSSR count). The van der Waals surface area contributed by atoms with Crippen molar-refractivity contribution >= 4 is 35.0 Å². The molecule has 0 fully saturated rings. The smallest absolute Gasteiger partial charge is 0.130 e. The van der Waals surface area contributed by atoms with Crippen LogP contribution in [0.5, 0.6) is 0 Å². The molecule has 1 N–H and O–H groups in total. The fourth-order valence-electron chi connectivity index (χ4n) is 1.69. The fourth-order valence-corrected chi connectivity index (χ4v) is 3.27. The van der Waals surface area contributed by atoms with E-state index in [2.05, 4.69) is 0 Å². The second-order valence-corrected chi connectivity index (χ2v) is 5.93. The van der Waals surface area contributed by atoms with Crippen LogP contribution in [0.1, 0.15) is 18.6 Å². The van der Waals surface area contributed by atoms with E-state index >= 15 is 0 Å². The molecule has 0 unspecified atom stereocenters. The highest BCUT2D eigenvalue weighted by molar-refractivity contribution is 7.99.